The number of halogens is 1. The Morgan fingerprint density at radius 2 is 2.00 bits per heavy atom. The minimum absolute atomic E-state index is 0.0282. The summed E-state index contributed by atoms with van der Waals surface area (Å²) in [7, 11) is 1.43. The van der Waals surface area contributed by atoms with Gasteiger partial charge >= 0.3 is 5.97 Å². The second-order valence-corrected chi connectivity index (χ2v) is 11.0. The Morgan fingerprint density at radius 3 is 2.59 bits per heavy atom. The predicted octanol–water partition coefficient (Wildman–Crippen LogP) is 4.42. The molecule has 1 rings (SSSR count). The molecular formula is C30H41ClN2O6. The Kier molecular flexibility index (Phi) is 14.4. The van der Waals surface area contributed by atoms with Gasteiger partial charge in [0.25, 0.3) is 5.91 Å². The number of hydrogen-bond donors (Lipinski definition) is 3. The van der Waals surface area contributed by atoms with Crippen molar-refractivity contribution in [2.45, 2.75) is 79.1 Å². The number of cyclic esters (lactones) is 1. The number of amides is 2. The first kappa shape index (κ1) is 33.7. The van der Waals surface area contributed by atoms with E-state index in [-0.39, 0.29) is 23.7 Å². The number of methoxy groups -OCH3 is 1. The zero-order valence-corrected chi connectivity index (χ0v) is 24.6. The van der Waals surface area contributed by atoms with Crippen molar-refractivity contribution in [3.8, 4) is 11.8 Å². The van der Waals surface area contributed by atoms with E-state index in [0.717, 1.165) is 5.57 Å². The first-order chi connectivity index (χ1) is 18.2. The number of esters is 1. The van der Waals surface area contributed by atoms with Crippen LogP contribution in [0.25, 0.3) is 0 Å². The van der Waals surface area contributed by atoms with Crippen LogP contribution in [0.4, 0.5) is 0 Å². The molecule has 0 saturated heterocycles. The number of carbonyl (C=O) groups is 3. The van der Waals surface area contributed by atoms with Crippen LogP contribution in [0.1, 0.15) is 60.8 Å². The number of hydrogen-bond acceptors (Lipinski definition) is 6. The number of carbonyl (C=O) groups excluding carboxylic acids is 3. The van der Waals surface area contributed by atoms with E-state index in [2.05, 4.69) is 22.5 Å². The summed E-state index contributed by atoms with van der Waals surface area (Å²) in [6.07, 6.45) is 12.3. The quantitative estimate of drug-likeness (QED) is 0.196. The van der Waals surface area contributed by atoms with E-state index in [1.54, 1.807) is 37.3 Å². The monoisotopic (exact) mass is 560 g/mol. The van der Waals surface area contributed by atoms with Crippen molar-refractivity contribution in [3.63, 3.8) is 0 Å². The van der Waals surface area contributed by atoms with Crippen molar-refractivity contribution in [2.24, 2.45) is 11.3 Å². The Labute approximate surface area is 237 Å². The highest BCUT2D eigenvalue weighted by atomic mass is 35.5. The molecule has 1 aliphatic heterocycles. The topological polar surface area (TPSA) is 114 Å². The van der Waals surface area contributed by atoms with Crippen molar-refractivity contribution in [3.05, 3.63) is 59.0 Å². The van der Waals surface area contributed by atoms with Gasteiger partial charge in [0.1, 0.15) is 12.1 Å². The Balaban J connectivity index is 2.67. The molecule has 0 aliphatic carbocycles. The zero-order valence-electron chi connectivity index (χ0n) is 23.8. The lowest BCUT2D eigenvalue weighted by Gasteiger charge is -2.29. The smallest absolute Gasteiger partial charge is 0.373 e. The molecule has 1 heterocycles. The lowest BCUT2D eigenvalue weighted by Crippen LogP contribution is -2.52. The highest BCUT2D eigenvalue weighted by molar-refractivity contribution is 6.29. The van der Waals surface area contributed by atoms with Crippen molar-refractivity contribution in [1.29, 1.82) is 0 Å². The van der Waals surface area contributed by atoms with Gasteiger partial charge in [0.2, 0.25) is 5.91 Å². The number of aliphatic hydroxyl groups excluding tert-OH is 1. The number of nitrogens with one attached hydrogen (secondary N) is 2. The molecule has 0 spiro atoms. The summed E-state index contributed by atoms with van der Waals surface area (Å²) in [5, 5.41) is 15.8. The molecule has 4 atom stereocenters. The highest BCUT2D eigenvalue weighted by Crippen LogP contribution is 2.23. The molecule has 39 heavy (non-hydrogen) atoms. The molecule has 0 aromatic carbocycles. The number of rotatable bonds is 11. The molecule has 0 bridgehead atoms. The molecule has 0 aromatic heterocycles. The van der Waals surface area contributed by atoms with Gasteiger partial charge < -0.3 is 25.2 Å². The van der Waals surface area contributed by atoms with Crippen LogP contribution >= 0.6 is 11.6 Å². The zero-order chi connectivity index (χ0) is 29.6. The van der Waals surface area contributed by atoms with Crippen LogP contribution in [-0.2, 0) is 23.9 Å². The number of ether oxygens (including phenoxy) is 2. The molecular weight excluding hydrogens is 520 g/mol. The maximum Gasteiger partial charge on any atom is 0.373 e. The van der Waals surface area contributed by atoms with Crippen LogP contribution in [0, 0.1) is 23.2 Å². The third-order valence-electron chi connectivity index (χ3n) is 5.77. The average Bonchev–Trinajstić information content (AvgIpc) is 2.85. The second-order valence-electron chi connectivity index (χ2n) is 10.4. The first-order valence-corrected chi connectivity index (χ1v) is 13.2. The lowest BCUT2D eigenvalue weighted by molar-refractivity contribution is -0.151. The molecule has 9 heteroatoms. The predicted molar refractivity (Wildman–Crippen MR) is 153 cm³/mol. The van der Waals surface area contributed by atoms with Gasteiger partial charge in [-0.25, -0.2) is 4.79 Å². The van der Waals surface area contributed by atoms with E-state index in [9.17, 15) is 19.5 Å². The molecule has 0 saturated carbocycles. The van der Waals surface area contributed by atoms with E-state index in [0.29, 0.717) is 24.3 Å². The standard InChI is InChI=1S/C30H41ClN2O6/c1-20(19-21(2)24-16-17-25(38-7)29(37)39-24)11-8-9-13-26(35)33-27(30(4,5)6)28(36)32-18-10-12-23(34)15-14-22(3)31/h8,10-11,14,17-19,21,23-24,27,34H,12,15-16H2,1-7H3,(H,32,36)(H,33,35)/b11-8-,18-10-,20-19+,22-14+/t21-,23+,24-,27+/m0/s1. The minimum Gasteiger partial charge on any atom is -0.490 e. The van der Waals surface area contributed by atoms with Crippen molar-refractivity contribution in [1.82, 2.24) is 10.6 Å². The third kappa shape index (κ3) is 13.4. The van der Waals surface area contributed by atoms with Gasteiger partial charge in [-0.2, -0.15) is 0 Å². The minimum atomic E-state index is -0.826. The van der Waals surface area contributed by atoms with E-state index >= 15 is 0 Å². The van der Waals surface area contributed by atoms with E-state index in [4.69, 9.17) is 21.1 Å². The molecule has 2 amide bonds. The van der Waals surface area contributed by atoms with Gasteiger partial charge in [0, 0.05) is 17.4 Å². The second kappa shape index (κ2) is 16.6. The van der Waals surface area contributed by atoms with Crippen molar-refractivity contribution >= 4 is 29.4 Å². The molecule has 1 aliphatic rings. The normalized spacial score (nSPS) is 18.9. The van der Waals surface area contributed by atoms with Crippen LogP contribution < -0.4 is 10.6 Å². The first-order valence-electron chi connectivity index (χ1n) is 12.8. The van der Waals surface area contributed by atoms with Crippen LogP contribution in [0.5, 0.6) is 0 Å². The SMILES string of the molecule is COC1=CC[C@@H]([C@@H](C)/C=C(C)/C=C\C#CC(=O)N[C@H](C(=O)N/C=C\C[C@@H](O)C/C=C(\C)Cl)C(C)(C)C)OC1=O. The van der Waals surface area contributed by atoms with Crippen LogP contribution in [0.2, 0.25) is 0 Å². The van der Waals surface area contributed by atoms with Gasteiger partial charge in [-0.1, -0.05) is 75.1 Å². The molecule has 0 fully saturated rings. The molecule has 8 nitrogen and oxygen atoms in total. The van der Waals surface area contributed by atoms with Crippen LogP contribution in [-0.4, -0.2) is 48.2 Å². The van der Waals surface area contributed by atoms with E-state index in [1.807, 2.05) is 40.7 Å². The summed E-state index contributed by atoms with van der Waals surface area (Å²) in [6.45, 7) is 11.1. The Bertz CT molecular complexity index is 1080. The number of aliphatic hydroxyl groups is 1. The summed E-state index contributed by atoms with van der Waals surface area (Å²) in [6, 6.07) is -0.826. The molecule has 0 unspecified atom stereocenters. The van der Waals surface area contributed by atoms with Crippen molar-refractivity contribution in [2.75, 3.05) is 7.11 Å². The number of allylic oxidation sites excluding steroid dienone is 4. The fourth-order valence-electron chi connectivity index (χ4n) is 3.58. The summed E-state index contributed by atoms with van der Waals surface area (Å²) in [5.74, 6) is 3.92. The average molecular weight is 561 g/mol. The molecule has 214 valence electrons. The van der Waals surface area contributed by atoms with E-state index in [1.165, 1.54) is 13.3 Å². The summed E-state index contributed by atoms with van der Waals surface area (Å²) < 4.78 is 10.4. The Morgan fingerprint density at radius 1 is 1.31 bits per heavy atom. The summed E-state index contributed by atoms with van der Waals surface area (Å²) >= 11 is 5.76. The largest absolute Gasteiger partial charge is 0.490 e. The molecule has 0 radical (unpaired) electrons. The Hall–Kier alpha value is -3.28. The molecule has 0 aromatic rings. The fraction of sp³-hybridized carbons (Fsp3) is 0.500. The van der Waals surface area contributed by atoms with Gasteiger partial charge in [0.05, 0.1) is 13.2 Å². The summed E-state index contributed by atoms with van der Waals surface area (Å²) in [5.41, 5.74) is 0.331. The van der Waals surface area contributed by atoms with E-state index < -0.39 is 29.4 Å². The maximum atomic E-state index is 12.7. The third-order valence-corrected chi connectivity index (χ3v) is 5.92. The van der Waals surface area contributed by atoms with Gasteiger partial charge in [0.15, 0.2) is 5.76 Å². The van der Waals surface area contributed by atoms with Crippen LogP contribution in [0.3, 0.4) is 0 Å². The molecule has 3 N–H and O–H groups in total. The van der Waals surface area contributed by atoms with Crippen LogP contribution in [0.15, 0.2) is 59.0 Å². The maximum absolute atomic E-state index is 12.7. The van der Waals surface area contributed by atoms with Gasteiger partial charge in [-0.3, -0.25) is 9.59 Å². The van der Waals surface area contributed by atoms with Crippen molar-refractivity contribution < 1.29 is 29.0 Å². The highest BCUT2D eigenvalue weighted by Gasteiger charge is 2.32. The van der Waals surface area contributed by atoms with Gasteiger partial charge in [-0.05, 0) is 56.4 Å². The summed E-state index contributed by atoms with van der Waals surface area (Å²) in [4.78, 5) is 37.0. The van der Waals surface area contributed by atoms with Gasteiger partial charge in [-0.15, -0.1) is 0 Å². The lowest BCUT2D eigenvalue weighted by atomic mass is 9.86. The fourth-order valence-corrected chi connectivity index (χ4v) is 3.67.